The molecule has 9 heteroatoms. The molecule has 3 heterocycles. The molecular formula is C28H26FN3O5. The van der Waals surface area contributed by atoms with Gasteiger partial charge in [-0.1, -0.05) is 6.07 Å². The summed E-state index contributed by atoms with van der Waals surface area (Å²) in [5.41, 5.74) is 2.02. The summed E-state index contributed by atoms with van der Waals surface area (Å²) in [6.07, 6.45) is 1.95. The summed E-state index contributed by atoms with van der Waals surface area (Å²) in [7, 11) is 3.60. The molecule has 1 aliphatic rings. The molecule has 2 aromatic carbocycles. The van der Waals surface area contributed by atoms with E-state index < -0.39 is 12.2 Å². The highest BCUT2D eigenvalue weighted by Gasteiger charge is 2.36. The van der Waals surface area contributed by atoms with E-state index in [2.05, 4.69) is 9.97 Å². The molecule has 0 fully saturated rings. The second-order valence-electron chi connectivity index (χ2n) is 8.93. The molecule has 2 atom stereocenters. The fraction of sp³-hybridized carbons (Fsp3) is 0.250. The van der Waals surface area contributed by atoms with Crippen molar-refractivity contribution in [3.8, 4) is 17.2 Å². The van der Waals surface area contributed by atoms with Crippen LogP contribution in [0, 0.1) is 5.82 Å². The van der Waals surface area contributed by atoms with E-state index in [0.29, 0.717) is 34.0 Å². The van der Waals surface area contributed by atoms with Crippen LogP contribution >= 0.6 is 0 Å². The Morgan fingerprint density at radius 3 is 2.81 bits per heavy atom. The van der Waals surface area contributed by atoms with Crippen LogP contribution in [0.15, 0.2) is 73.1 Å². The average Bonchev–Trinajstić information content (AvgIpc) is 2.89. The molecule has 0 amide bonds. The summed E-state index contributed by atoms with van der Waals surface area (Å²) in [6, 6.07) is 17.0. The zero-order valence-corrected chi connectivity index (χ0v) is 20.5. The van der Waals surface area contributed by atoms with Gasteiger partial charge in [-0.25, -0.2) is 9.37 Å². The molecular weight excluding hydrogens is 477 g/mol. The number of nitrogens with zero attached hydrogens (tertiary/aromatic N) is 3. The third-order valence-electron chi connectivity index (χ3n) is 5.75. The maximum Gasteiger partial charge on any atom is 0.320 e. The number of carbonyl (C=O) groups is 1. The SMILES string of the molecule is CN(C)CC(=O)OC1c2cc(OCc3ccc4cc(F)ccc4n3)ccc2OCC1Oc1cccnc1. The standard InChI is InChI=1S/C28H26FN3O5/c1-32(2)15-27(33)37-28-23-13-21(34-16-20-7-5-18-12-19(29)6-9-24(18)31-20)8-10-25(23)35-17-26(28)36-22-4-3-11-30-14-22/h3-14,26,28H,15-17H2,1-2H3. The van der Waals surface area contributed by atoms with Crippen molar-refractivity contribution >= 4 is 16.9 Å². The van der Waals surface area contributed by atoms with E-state index in [4.69, 9.17) is 18.9 Å². The van der Waals surface area contributed by atoms with Gasteiger partial charge in [0.2, 0.25) is 0 Å². The summed E-state index contributed by atoms with van der Waals surface area (Å²) in [4.78, 5) is 23.0. The third kappa shape index (κ3) is 5.95. The molecule has 37 heavy (non-hydrogen) atoms. The Labute approximate surface area is 213 Å². The number of carbonyl (C=O) groups excluding carboxylic acids is 1. The van der Waals surface area contributed by atoms with Crippen LogP contribution in [0.4, 0.5) is 4.39 Å². The van der Waals surface area contributed by atoms with Gasteiger partial charge >= 0.3 is 5.97 Å². The molecule has 0 aliphatic carbocycles. The molecule has 0 N–H and O–H groups in total. The van der Waals surface area contributed by atoms with Gasteiger partial charge in [0, 0.05) is 17.1 Å². The maximum absolute atomic E-state index is 13.5. The molecule has 8 nitrogen and oxygen atoms in total. The van der Waals surface area contributed by atoms with Crippen LogP contribution in [0.5, 0.6) is 17.2 Å². The molecule has 0 saturated carbocycles. The number of benzene rings is 2. The van der Waals surface area contributed by atoms with Crippen LogP contribution in [0.25, 0.3) is 10.9 Å². The first-order valence-electron chi connectivity index (χ1n) is 11.8. The van der Waals surface area contributed by atoms with Crippen molar-refractivity contribution in [2.24, 2.45) is 0 Å². The maximum atomic E-state index is 13.5. The molecule has 190 valence electrons. The Morgan fingerprint density at radius 1 is 1.11 bits per heavy atom. The lowest BCUT2D eigenvalue weighted by atomic mass is 10.00. The monoisotopic (exact) mass is 503 g/mol. The van der Waals surface area contributed by atoms with E-state index >= 15 is 0 Å². The predicted molar refractivity (Wildman–Crippen MR) is 134 cm³/mol. The van der Waals surface area contributed by atoms with E-state index in [0.717, 1.165) is 5.39 Å². The number of ether oxygens (including phenoxy) is 4. The first-order chi connectivity index (χ1) is 17.9. The van der Waals surface area contributed by atoms with Crippen LogP contribution in [0.2, 0.25) is 0 Å². The molecule has 4 aromatic rings. The van der Waals surface area contributed by atoms with E-state index in [9.17, 15) is 9.18 Å². The number of halogens is 1. The number of aromatic nitrogens is 2. The Hall–Kier alpha value is -4.24. The zero-order chi connectivity index (χ0) is 25.8. The molecule has 0 radical (unpaired) electrons. The number of hydrogen-bond donors (Lipinski definition) is 0. The molecule has 0 saturated heterocycles. The van der Waals surface area contributed by atoms with Crippen LogP contribution < -0.4 is 14.2 Å². The Morgan fingerprint density at radius 2 is 2.00 bits per heavy atom. The quantitative estimate of drug-likeness (QED) is 0.329. The molecule has 2 unspecified atom stereocenters. The molecule has 0 spiro atoms. The normalized spacial score (nSPS) is 16.6. The van der Waals surface area contributed by atoms with Gasteiger partial charge in [-0.15, -0.1) is 0 Å². The lowest BCUT2D eigenvalue weighted by Gasteiger charge is -2.33. The van der Waals surface area contributed by atoms with Gasteiger partial charge < -0.3 is 18.9 Å². The lowest BCUT2D eigenvalue weighted by molar-refractivity contribution is -0.157. The van der Waals surface area contributed by atoms with Crippen molar-refractivity contribution in [1.82, 2.24) is 14.9 Å². The van der Waals surface area contributed by atoms with Crippen LogP contribution in [0.3, 0.4) is 0 Å². The van der Waals surface area contributed by atoms with Crippen LogP contribution in [-0.4, -0.2) is 54.2 Å². The van der Waals surface area contributed by atoms with Crippen molar-refractivity contribution in [2.75, 3.05) is 27.2 Å². The highest BCUT2D eigenvalue weighted by molar-refractivity contribution is 5.78. The first-order valence-corrected chi connectivity index (χ1v) is 11.8. The van der Waals surface area contributed by atoms with Gasteiger partial charge in [0.15, 0.2) is 12.2 Å². The van der Waals surface area contributed by atoms with Gasteiger partial charge in [0.05, 0.1) is 24.0 Å². The van der Waals surface area contributed by atoms with Crippen LogP contribution in [-0.2, 0) is 16.1 Å². The third-order valence-corrected chi connectivity index (χ3v) is 5.75. The lowest BCUT2D eigenvalue weighted by Crippen LogP contribution is -2.39. The van der Waals surface area contributed by atoms with E-state index in [1.165, 1.54) is 12.1 Å². The Kier molecular flexibility index (Phi) is 7.14. The number of likely N-dealkylation sites (N-methyl/N-ethyl adjacent to an activating group) is 1. The molecule has 0 bridgehead atoms. The number of hydrogen-bond acceptors (Lipinski definition) is 8. The summed E-state index contributed by atoms with van der Waals surface area (Å²) in [5, 5.41) is 0.719. The summed E-state index contributed by atoms with van der Waals surface area (Å²) < 4.78 is 37.4. The van der Waals surface area contributed by atoms with Gasteiger partial charge in [-0.3, -0.25) is 14.7 Å². The van der Waals surface area contributed by atoms with E-state index in [1.807, 2.05) is 6.07 Å². The average molecular weight is 504 g/mol. The summed E-state index contributed by atoms with van der Waals surface area (Å²) in [5.74, 6) is 1.00. The number of pyridine rings is 2. The van der Waals surface area contributed by atoms with Gasteiger partial charge in [-0.2, -0.15) is 0 Å². The minimum atomic E-state index is -0.714. The molecule has 1 aliphatic heterocycles. The van der Waals surface area contributed by atoms with Crippen molar-refractivity contribution in [3.05, 3.63) is 90.1 Å². The summed E-state index contributed by atoms with van der Waals surface area (Å²) in [6.45, 7) is 0.525. The minimum Gasteiger partial charge on any atom is -0.489 e. The predicted octanol–water partition coefficient (Wildman–Crippen LogP) is 4.33. The fourth-order valence-electron chi connectivity index (χ4n) is 4.07. The minimum absolute atomic E-state index is 0.125. The van der Waals surface area contributed by atoms with Crippen molar-refractivity contribution in [1.29, 1.82) is 0 Å². The van der Waals surface area contributed by atoms with Crippen molar-refractivity contribution in [3.63, 3.8) is 0 Å². The van der Waals surface area contributed by atoms with E-state index in [1.54, 1.807) is 73.9 Å². The molecule has 2 aromatic heterocycles. The van der Waals surface area contributed by atoms with Crippen LogP contribution in [0.1, 0.15) is 17.4 Å². The largest absolute Gasteiger partial charge is 0.489 e. The van der Waals surface area contributed by atoms with Crippen molar-refractivity contribution in [2.45, 2.75) is 18.8 Å². The highest BCUT2D eigenvalue weighted by atomic mass is 19.1. The van der Waals surface area contributed by atoms with E-state index in [-0.39, 0.29) is 31.5 Å². The number of esters is 1. The van der Waals surface area contributed by atoms with Gasteiger partial charge in [-0.05, 0) is 68.7 Å². The smallest absolute Gasteiger partial charge is 0.320 e. The number of rotatable bonds is 8. The van der Waals surface area contributed by atoms with Gasteiger partial charge in [0.1, 0.15) is 36.3 Å². The first kappa shape index (κ1) is 24.5. The summed E-state index contributed by atoms with van der Waals surface area (Å²) >= 11 is 0. The Bertz CT molecular complexity index is 1400. The molecule has 5 rings (SSSR count). The topological polar surface area (TPSA) is 83.0 Å². The fourth-order valence-corrected chi connectivity index (χ4v) is 4.07. The van der Waals surface area contributed by atoms with Crippen molar-refractivity contribution < 1.29 is 28.1 Å². The Balaban J connectivity index is 1.37. The zero-order valence-electron chi connectivity index (χ0n) is 20.5. The number of fused-ring (bicyclic) bond motifs is 2. The highest BCUT2D eigenvalue weighted by Crippen LogP contribution is 2.39. The second kappa shape index (κ2) is 10.8. The van der Waals surface area contributed by atoms with Gasteiger partial charge in [0.25, 0.3) is 0 Å². The second-order valence-corrected chi connectivity index (χ2v) is 8.93.